The average Bonchev–Trinajstić information content (AvgIpc) is 3.22. The van der Waals surface area contributed by atoms with Gasteiger partial charge in [0, 0.05) is 24.7 Å². The summed E-state index contributed by atoms with van der Waals surface area (Å²) in [4.78, 5) is 15.7. The monoisotopic (exact) mass is 515 g/mol. The number of anilines is 1. The molecule has 0 saturated carbocycles. The van der Waals surface area contributed by atoms with Crippen molar-refractivity contribution >= 4 is 11.9 Å². The van der Waals surface area contributed by atoms with E-state index in [9.17, 15) is 9.18 Å². The Labute approximate surface area is 221 Å². The number of hydrogen-bond donors (Lipinski definition) is 1. The van der Waals surface area contributed by atoms with E-state index in [2.05, 4.69) is 6.07 Å². The van der Waals surface area contributed by atoms with Gasteiger partial charge in [-0.15, -0.1) is 0 Å². The third kappa shape index (κ3) is 4.81. The molecule has 8 heteroatoms. The fraction of sp³-hybridized carbons (Fsp3) is 0.267. The molecule has 5 rings (SSSR count). The molecule has 1 aliphatic rings. The highest BCUT2D eigenvalue weighted by Gasteiger charge is 2.28. The van der Waals surface area contributed by atoms with Gasteiger partial charge in [-0.25, -0.2) is 13.5 Å². The largest absolute Gasteiger partial charge is 0.497 e. The number of benzene rings is 3. The van der Waals surface area contributed by atoms with E-state index in [0.29, 0.717) is 49.1 Å². The predicted molar refractivity (Wildman–Crippen MR) is 144 cm³/mol. The van der Waals surface area contributed by atoms with E-state index in [1.807, 2.05) is 64.7 Å². The number of nitrogens with two attached hydrogens (primary N) is 1. The number of ether oxygens (including phenoxy) is 2. The van der Waals surface area contributed by atoms with Gasteiger partial charge < -0.3 is 14.4 Å². The molecular formula is C30H32FN4O3+. The van der Waals surface area contributed by atoms with Crippen LogP contribution in [0.15, 0.2) is 60.9 Å². The molecule has 3 aromatic carbocycles. The Kier molecular flexibility index (Phi) is 6.80. The van der Waals surface area contributed by atoms with Gasteiger partial charge in [-0.05, 0) is 83.1 Å². The Balaban J connectivity index is 1.56. The number of nitrogen functional groups attached to an aromatic ring is 1. The number of carbonyl (C=O) groups excluding carboxylic acids is 1. The van der Waals surface area contributed by atoms with Crippen LogP contribution in [-0.4, -0.2) is 36.1 Å². The second-order valence-corrected chi connectivity index (χ2v) is 9.72. The molecular weight excluding hydrogens is 483 g/mol. The normalized spacial score (nSPS) is 13.0. The molecule has 1 amide bonds. The molecule has 0 saturated heterocycles. The number of hydrogen-bond acceptors (Lipinski definition) is 4. The summed E-state index contributed by atoms with van der Waals surface area (Å²) in [5.41, 5.74) is 12.5. The van der Waals surface area contributed by atoms with Crippen LogP contribution in [0.4, 0.5) is 10.3 Å². The summed E-state index contributed by atoms with van der Waals surface area (Å²) in [6, 6.07) is 14.5. The molecule has 0 radical (unpaired) electrons. The van der Waals surface area contributed by atoms with Crippen molar-refractivity contribution in [1.82, 2.24) is 9.47 Å². The zero-order chi connectivity index (χ0) is 27.0. The second kappa shape index (κ2) is 10.2. The van der Waals surface area contributed by atoms with Crippen LogP contribution in [0, 0.1) is 12.7 Å². The Morgan fingerprint density at radius 2 is 1.63 bits per heavy atom. The van der Waals surface area contributed by atoms with E-state index in [1.54, 1.807) is 20.3 Å². The summed E-state index contributed by atoms with van der Waals surface area (Å²) in [7, 11) is 5.11. The lowest BCUT2D eigenvalue weighted by atomic mass is 9.86. The first-order valence-corrected chi connectivity index (χ1v) is 12.5. The number of carbonyl (C=O) groups is 1. The molecule has 0 spiro atoms. The van der Waals surface area contributed by atoms with E-state index < -0.39 is 0 Å². The highest BCUT2D eigenvalue weighted by atomic mass is 19.1. The third-order valence-electron chi connectivity index (χ3n) is 7.20. The molecule has 0 unspecified atom stereocenters. The standard InChI is InChI=1S/C30H31FN4O3/c1-19-11-22(31)5-6-25(19)27-14-21(18-35-10-9-33(2)30(35)32)15-28-26(27)7-8-34(29(28)36)17-20-12-23(37-3)16-24(13-20)38-4/h5-6,9-16,32H,7-8,17-18H2,1-4H3/p+1. The van der Waals surface area contributed by atoms with Crippen molar-refractivity contribution in [3.05, 3.63) is 94.6 Å². The van der Waals surface area contributed by atoms with Gasteiger partial charge in [0.25, 0.3) is 5.91 Å². The quantitative estimate of drug-likeness (QED) is 0.373. The summed E-state index contributed by atoms with van der Waals surface area (Å²) in [5, 5.41) is 0. The number of imidazole rings is 1. The van der Waals surface area contributed by atoms with Crippen LogP contribution in [0.5, 0.6) is 11.5 Å². The van der Waals surface area contributed by atoms with Crippen molar-refractivity contribution in [2.75, 3.05) is 26.5 Å². The molecule has 38 heavy (non-hydrogen) atoms. The summed E-state index contributed by atoms with van der Waals surface area (Å²) >= 11 is 0. The van der Waals surface area contributed by atoms with Crippen molar-refractivity contribution in [2.24, 2.45) is 7.05 Å². The summed E-state index contributed by atoms with van der Waals surface area (Å²) in [6.45, 7) is 3.40. The molecule has 7 nitrogen and oxygen atoms in total. The molecule has 4 aromatic rings. The highest BCUT2D eigenvalue weighted by molar-refractivity contribution is 5.99. The van der Waals surface area contributed by atoms with Gasteiger partial charge in [-0.1, -0.05) is 6.07 Å². The van der Waals surface area contributed by atoms with Crippen molar-refractivity contribution < 1.29 is 23.2 Å². The Hall–Kier alpha value is -4.33. The van der Waals surface area contributed by atoms with Crippen LogP contribution in [-0.2, 0) is 26.6 Å². The minimum atomic E-state index is -0.278. The van der Waals surface area contributed by atoms with Crippen LogP contribution in [0.1, 0.15) is 32.6 Å². The number of halogens is 1. The van der Waals surface area contributed by atoms with Crippen molar-refractivity contribution in [1.29, 1.82) is 0 Å². The van der Waals surface area contributed by atoms with Gasteiger partial charge in [0.1, 0.15) is 17.3 Å². The number of aromatic nitrogens is 2. The Bertz CT molecular complexity index is 1510. The van der Waals surface area contributed by atoms with Crippen molar-refractivity contribution in [3.8, 4) is 22.6 Å². The first-order chi connectivity index (χ1) is 18.3. The third-order valence-corrected chi connectivity index (χ3v) is 7.20. The molecule has 1 aromatic heterocycles. The summed E-state index contributed by atoms with van der Waals surface area (Å²) < 4.78 is 28.6. The van der Waals surface area contributed by atoms with Gasteiger partial charge in [0.15, 0.2) is 0 Å². The fourth-order valence-corrected chi connectivity index (χ4v) is 5.17. The summed E-state index contributed by atoms with van der Waals surface area (Å²) in [5.74, 6) is 1.65. The molecule has 196 valence electrons. The van der Waals surface area contributed by atoms with E-state index in [0.717, 1.165) is 33.4 Å². The lowest BCUT2D eigenvalue weighted by Gasteiger charge is -2.31. The van der Waals surface area contributed by atoms with Gasteiger partial charge in [-0.3, -0.25) is 10.5 Å². The first kappa shape index (κ1) is 25.3. The second-order valence-electron chi connectivity index (χ2n) is 9.72. The number of amides is 1. The lowest BCUT2D eigenvalue weighted by molar-refractivity contribution is -0.656. The molecule has 0 aliphatic carbocycles. The zero-order valence-electron chi connectivity index (χ0n) is 22.1. The molecule has 0 bridgehead atoms. The maximum absolute atomic E-state index is 13.9. The van der Waals surface area contributed by atoms with Crippen LogP contribution in [0.3, 0.4) is 0 Å². The molecule has 2 N–H and O–H groups in total. The SMILES string of the molecule is COc1cc(CN2CCc3c(cc(Cn4cc[n+](C)c4N)cc3-c3ccc(F)cc3C)C2=O)cc(OC)c1. The fourth-order valence-electron chi connectivity index (χ4n) is 5.17. The van der Waals surface area contributed by atoms with E-state index in [4.69, 9.17) is 15.2 Å². The van der Waals surface area contributed by atoms with Crippen LogP contribution in [0.25, 0.3) is 11.1 Å². The number of nitrogens with zero attached hydrogens (tertiary/aromatic N) is 3. The maximum atomic E-state index is 13.9. The maximum Gasteiger partial charge on any atom is 0.355 e. The minimum absolute atomic E-state index is 0.0399. The molecule has 1 aliphatic heterocycles. The minimum Gasteiger partial charge on any atom is -0.497 e. The number of fused-ring (bicyclic) bond motifs is 1. The molecule has 0 fully saturated rings. The number of aryl methyl sites for hydroxylation is 2. The predicted octanol–water partition coefficient (Wildman–Crippen LogP) is 4.27. The summed E-state index contributed by atoms with van der Waals surface area (Å²) in [6.07, 6.45) is 4.51. The first-order valence-electron chi connectivity index (χ1n) is 12.5. The van der Waals surface area contributed by atoms with Crippen LogP contribution in [0.2, 0.25) is 0 Å². The Morgan fingerprint density at radius 1 is 0.947 bits per heavy atom. The van der Waals surface area contributed by atoms with E-state index >= 15 is 0 Å². The van der Waals surface area contributed by atoms with Crippen LogP contribution >= 0.6 is 0 Å². The molecule has 0 atom stereocenters. The van der Waals surface area contributed by atoms with E-state index in [1.165, 1.54) is 12.1 Å². The number of rotatable bonds is 7. The lowest BCUT2D eigenvalue weighted by Crippen LogP contribution is -2.37. The van der Waals surface area contributed by atoms with Crippen molar-refractivity contribution in [2.45, 2.75) is 26.4 Å². The van der Waals surface area contributed by atoms with Gasteiger partial charge >= 0.3 is 5.95 Å². The van der Waals surface area contributed by atoms with E-state index in [-0.39, 0.29) is 11.7 Å². The molecule has 2 heterocycles. The average molecular weight is 516 g/mol. The zero-order valence-corrected chi connectivity index (χ0v) is 22.1. The van der Waals surface area contributed by atoms with Gasteiger partial charge in [-0.2, -0.15) is 0 Å². The topological polar surface area (TPSA) is 73.6 Å². The van der Waals surface area contributed by atoms with Gasteiger partial charge in [0.05, 0.1) is 40.2 Å². The highest BCUT2D eigenvalue weighted by Crippen LogP contribution is 2.35. The van der Waals surface area contributed by atoms with Crippen molar-refractivity contribution in [3.63, 3.8) is 0 Å². The van der Waals surface area contributed by atoms with Gasteiger partial charge in [0.2, 0.25) is 0 Å². The van der Waals surface area contributed by atoms with Crippen LogP contribution < -0.4 is 19.8 Å². The number of methoxy groups -OCH3 is 2. The smallest absolute Gasteiger partial charge is 0.355 e. The Morgan fingerprint density at radius 3 is 2.26 bits per heavy atom.